The second kappa shape index (κ2) is 6.96. The van der Waals surface area contributed by atoms with Gasteiger partial charge in [-0.25, -0.2) is 0 Å². The van der Waals surface area contributed by atoms with E-state index >= 15 is 0 Å². The summed E-state index contributed by atoms with van der Waals surface area (Å²) in [5.74, 6) is -0.0928. The van der Waals surface area contributed by atoms with Crippen LogP contribution in [0.25, 0.3) is 0 Å². The van der Waals surface area contributed by atoms with Gasteiger partial charge >= 0.3 is 0 Å². The lowest BCUT2D eigenvalue weighted by Gasteiger charge is -2.10. The first kappa shape index (κ1) is 14.4. The van der Waals surface area contributed by atoms with Crippen molar-refractivity contribution >= 4 is 5.78 Å². The first-order chi connectivity index (χ1) is 8.60. The fourth-order valence-electron chi connectivity index (χ4n) is 1.90. The van der Waals surface area contributed by atoms with Gasteiger partial charge in [0.25, 0.3) is 0 Å². The molecular weight excluding hydrogens is 222 g/mol. The highest BCUT2D eigenvalue weighted by Gasteiger charge is 2.19. The van der Waals surface area contributed by atoms with E-state index in [0.29, 0.717) is 12.3 Å². The van der Waals surface area contributed by atoms with E-state index in [0.717, 1.165) is 18.4 Å². The minimum atomic E-state index is -0.599. The van der Waals surface area contributed by atoms with Crippen molar-refractivity contribution in [1.82, 2.24) is 0 Å². The zero-order valence-corrected chi connectivity index (χ0v) is 11.4. The Balaban J connectivity index is 2.83. The van der Waals surface area contributed by atoms with Gasteiger partial charge in [-0.15, -0.1) is 0 Å². The number of ketones is 1. The van der Waals surface area contributed by atoms with E-state index < -0.39 is 5.92 Å². The number of Topliss-reactive ketones (excluding diaryl/α,β-unsaturated/α-hetero) is 1. The molecule has 2 heteroatoms. The molecule has 1 aromatic carbocycles. The van der Waals surface area contributed by atoms with Crippen LogP contribution < -0.4 is 0 Å². The van der Waals surface area contributed by atoms with Crippen molar-refractivity contribution in [3.63, 3.8) is 0 Å². The summed E-state index contributed by atoms with van der Waals surface area (Å²) in [5, 5.41) is 9.16. The highest BCUT2D eigenvalue weighted by Crippen LogP contribution is 2.22. The molecule has 1 rings (SSSR count). The van der Waals surface area contributed by atoms with Gasteiger partial charge in [0.2, 0.25) is 0 Å². The molecular formula is C16H21NO. The van der Waals surface area contributed by atoms with Gasteiger partial charge < -0.3 is 0 Å². The molecule has 0 bridgehead atoms. The Hall–Kier alpha value is -1.62. The van der Waals surface area contributed by atoms with Crippen LogP contribution in [-0.4, -0.2) is 5.78 Å². The third kappa shape index (κ3) is 3.70. The summed E-state index contributed by atoms with van der Waals surface area (Å²) in [4.78, 5) is 11.9. The number of benzene rings is 1. The number of hydrogen-bond donors (Lipinski definition) is 0. The van der Waals surface area contributed by atoms with E-state index in [1.165, 1.54) is 5.56 Å². The van der Waals surface area contributed by atoms with Gasteiger partial charge in [-0.3, -0.25) is 4.79 Å². The van der Waals surface area contributed by atoms with Crippen molar-refractivity contribution in [1.29, 1.82) is 5.26 Å². The molecule has 0 saturated carbocycles. The molecule has 2 nitrogen and oxygen atoms in total. The molecule has 0 heterocycles. The number of carbonyl (C=O) groups excluding carboxylic acids is 1. The molecule has 0 fully saturated rings. The van der Waals surface area contributed by atoms with Crippen LogP contribution in [0.15, 0.2) is 24.3 Å². The summed E-state index contributed by atoms with van der Waals surface area (Å²) in [6.07, 6.45) is 2.35. The third-order valence-electron chi connectivity index (χ3n) is 3.16. The fraction of sp³-hybridized carbons (Fsp3) is 0.500. The average Bonchev–Trinajstić information content (AvgIpc) is 2.37. The smallest absolute Gasteiger partial charge is 0.154 e. The lowest BCUT2D eigenvalue weighted by molar-refractivity contribution is -0.119. The molecule has 0 N–H and O–H groups in total. The van der Waals surface area contributed by atoms with E-state index in [9.17, 15) is 4.79 Å². The first-order valence-electron chi connectivity index (χ1n) is 6.62. The molecule has 0 aliphatic carbocycles. The van der Waals surface area contributed by atoms with Crippen molar-refractivity contribution in [3.05, 3.63) is 35.4 Å². The van der Waals surface area contributed by atoms with Crippen LogP contribution in [0.1, 0.15) is 63.0 Å². The van der Waals surface area contributed by atoms with Gasteiger partial charge in [0.15, 0.2) is 5.78 Å². The Morgan fingerprint density at radius 2 is 1.78 bits per heavy atom. The minimum absolute atomic E-state index is 0.0386. The Morgan fingerprint density at radius 3 is 2.22 bits per heavy atom. The van der Waals surface area contributed by atoms with Crippen molar-refractivity contribution in [2.24, 2.45) is 0 Å². The Kier molecular flexibility index (Phi) is 5.58. The third-order valence-corrected chi connectivity index (χ3v) is 3.16. The number of nitriles is 1. The Labute approximate surface area is 110 Å². The van der Waals surface area contributed by atoms with Gasteiger partial charge in [0.05, 0.1) is 6.07 Å². The second-order valence-electron chi connectivity index (χ2n) is 4.95. The molecule has 0 aliphatic rings. The van der Waals surface area contributed by atoms with Gasteiger partial charge in [-0.2, -0.15) is 5.26 Å². The van der Waals surface area contributed by atoms with Crippen LogP contribution in [0, 0.1) is 11.3 Å². The van der Waals surface area contributed by atoms with Gasteiger partial charge in [0.1, 0.15) is 5.92 Å². The van der Waals surface area contributed by atoms with Crippen molar-refractivity contribution in [2.75, 3.05) is 0 Å². The number of hydrogen-bond acceptors (Lipinski definition) is 2. The quantitative estimate of drug-likeness (QED) is 0.752. The zero-order chi connectivity index (χ0) is 13.5. The van der Waals surface area contributed by atoms with E-state index in [-0.39, 0.29) is 5.78 Å². The lowest BCUT2D eigenvalue weighted by atomic mass is 9.91. The maximum atomic E-state index is 11.9. The van der Waals surface area contributed by atoms with E-state index in [1.807, 2.05) is 31.2 Å². The molecule has 1 aromatic rings. The summed E-state index contributed by atoms with van der Waals surface area (Å²) in [6, 6.07) is 9.97. The monoisotopic (exact) mass is 243 g/mol. The van der Waals surface area contributed by atoms with E-state index in [1.54, 1.807) is 0 Å². The normalized spacial score (nSPS) is 12.2. The minimum Gasteiger partial charge on any atom is -0.298 e. The summed E-state index contributed by atoms with van der Waals surface area (Å²) >= 11 is 0. The van der Waals surface area contributed by atoms with Gasteiger partial charge in [-0.05, 0) is 23.5 Å². The molecule has 0 amide bonds. The molecule has 0 aliphatic heterocycles. The van der Waals surface area contributed by atoms with Crippen LogP contribution in [-0.2, 0) is 4.79 Å². The summed E-state index contributed by atoms with van der Waals surface area (Å²) in [6.45, 7) is 6.30. The maximum Gasteiger partial charge on any atom is 0.154 e. The van der Waals surface area contributed by atoms with Crippen LogP contribution >= 0.6 is 0 Å². The topological polar surface area (TPSA) is 40.9 Å². The number of carbonyl (C=O) groups is 1. The Bertz CT molecular complexity index is 425. The first-order valence-corrected chi connectivity index (χ1v) is 6.62. The van der Waals surface area contributed by atoms with Crippen LogP contribution in [0.4, 0.5) is 0 Å². The number of unbranched alkanes of at least 4 members (excludes halogenated alkanes) is 1. The summed E-state index contributed by atoms with van der Waals surface area (Å²) in [5.41, 5.74) is 2.06. The van der Waals surface area contributed by atoms with E-state index in [4.69, 9.17) is 5.26 Å². The van der Waals surface area contributed by atoms with Crippen molar-refractivity contribution in [2.45, 2.75) is 51.9 Å². The van der Waals surface area contributed by atoms with Gasteiger partial charge in [0, 0.05) is 6.42 Å². The summed E-state index contributed by atoms with van der Waals surface area (Å²) in [7, 11) is 0. The van der Waals surface area contributed by atoms with Crippen molar-refractivity contribution < 1.29 is 4.79 Å². The van der Waals surface area contributed by atoms with Crippen molar-refractivity contribution in [3.8, 4) is 6.07 Å². The Morgan fingerprint density at radius 1 is 1.22 bits per heavy atom. The van der Waals surface area contributed by atoms with E-state index in [2.05, 4.69) is 19.9 Å². The molecule has 0 aromatic heterocycles. The average molecular weight is 243 g/mol. The SMILES string of the molecule is CCCCC(=O)C(C#N)c1ccc(C(C)C)cc1. The molecule has 0 radical (unpaired) electrons. The predicted octanol–water partition coefficient (Wildman–Crippen LogP) is 4.18. The molecule has 1 unspecified atom stereocenters. The summed E-state index contributed by atoms with van der Waals surface area (Å²) < 4.78 is 0. The standard InChI is InChI=1S/C16H21NO/c1-4-5-6-16(18)15(11-17)14-9-7-13(8-10-14)12(2)3/h7-10,12,15H,4-6H2,1-3H3. The molecule has 1 atom stereocenters. The zero-order valence-electron chi connectivity index (χ0n) is 11.4. The van der Waals surface area contributed by atoms with Crippen LogP contribution in [0.2, 0.25) is 0 Å². The van der Waals surface area contributed by atoms with Crippen LogP contribution in [0.3, 0.4) is 0 Å². The van der Waals surface area contributed by atoms with Crippen LogP contribution in [0.5, 0.6) is 0 Å². The molecule has 0 spiro atoms. The fourth-order valence-corrected chi connectivity index (χ4v) is 1.90. The van der Waals surface area contributed by atoms with Gasteiger partial charge in [-0.1, -0.05) is 51.5 Å². The maximum absolute atomic E-state index is 11.9. The predicted molar refractivity (Wildman–Crippen MR) is 73.4 cm³/mol. The number of nitrogens with zero attached hydrogens (tertiary/aromatic N) is 1. The highest BCUT2D eigenvalue weighted by atomic mass is 16.1. The molecule has 96 valence electrons. The number of rotatable bonds is 6. The molecule has 18 heavy (non-hydrogen) atoms. The highest BCUT2D eigenvalue weighted by molar-refractivity contribution is 5.88. The second-order valence-corrected chi connectivity index (χ2v) is 4.95. The largest absolute Gasteiger partial charge is 0.298 e. The molecule has 0 saturated heterocycles. The lowest BCUT2D eigenvalue weighted by Crippen LogP contribution is -2.10.